The average molecular weight is 210 g/mol. The molecule has 0 saturated heterocycles. The Bertz CT molecular complexity index is 336. The van der Waals surface area contributed by atoms with Crippen LogP contribution in [0.25, 0.3) is 0 Å². The molecule has 82 valence electrons. The van der Waals surface area contributed by atoms with Crippen molar-refractivity contribution in [2.75, 3.05) is 0 Å². The van der Waals surface area contributed by atoms with E-state index in [-0.39, 0.29) is 6.42 Å². The number of carboxylic acid groups (broad SMARTS) is 1. The zero-order chi connectivity index (χ0) is 11.5. The highest BCUT2D eigenvalue weighted by Crippen LogP contribution is 2.24. The van der Waals surface area contributed by atoms with Gasteiger partial charge in [0.1, 0.15) is 5.67 Å². The molecular weight excluding hydrogens is 195 g/mol. The maximum atomic E-state index is 13.5. The van der Waals surface area contributed by atoms with Crippen LogP contribution in [-0.4, -0.2) is 11.1 Å². The molecule has 0 unspecified atom stereocenters. The summed E-state index contributed by atoms with van der Waals surface area (Å²) in [6, 6.07) is 6.97. The minimum Gasteiger partial charge on any atom is -0.481 e. The zero-order valence-corrected chi connectivity index (χ0v) is 8.96. The van der Waals surface area contributed by atoms with E-state index in [1.54, 1.807) is 24.3 Å². The van der Waals surface area contributed by atoms with Crippen molar-refractivity contribution < 1.29 is 14.3 Å². The van der Waals surface area contributed by atoms with Gasteiger partial charge in [-0.25, -0.2) is 4.39 Å². The SMILES string of the molecule is CC(C)(F)c1ccc(CCC(=O)O)cc1. The van der Waals surface area contributed by atoms with Gasteiger partial charge in [0.05, 0.1) is 0 Å². The van der Waals surface area contributed by atoms with Crippen LogP contribution < -0.4 is 0 Å². The van der Waals surface area contributed by atoms with Crippen molar-refractivity contribution >= 4 is 5.97 Å². The molecule has 0 heterocycles. The van der Waals surface area contributed by atoms with E-state index >= 15 is 0 Å². The van der Waals surface area contributed by atoms with Crippen molar-refractivity contribution in [3.63, 3.8) is 0 Å². The summed E-state index contributed by atoms with van der Waals surface area (Å²) in [6.07, 6.45) is 0.598. The first-order valence-corrected chi connectivity index (χ1v) is 4.90. The van der Waals surface area contributed by atoms with Crippen LogP contribution in [0.1, 0.15) is 31.4 Å². The van der Waals surface area contributed by atoms with E-state index in [1.807, 2.05) is 0 Å². The van der Waals surface area contributed by atoms with Gasteiger partial charge in [0.2, 0.25) is 0 Å². The van der Waals surface area contributed by atoms with Crippen molar-refractivity contribution in [1.29, 1.82) is 0 Å². The maximum Gasteiger partial charge on any atom is 0.303 e. The Morgan fingerprint density at radius 3 is 2.27 bits per heavy atom. The fourth-order valence-corrected chi connectivity index (χ4v) is 1.32. The summed E-state index contributed by atoms with van der Waals surface area (Å²) in [5.74, 6) is -0.815. The highest BCUT2D eigenvalue weighted by Gasteiger charge is 2.17. The smallest absolute Gasteiger partial charge is 0.303 e. The summed E-state index contributed by atoms with van der Waals surface area (Å²) in [4.78, 5) is 10.3. The molecule has 0 fully saturated rings. The van der Waals surface area contributed by atoms with E-state index < -0.39 is 11.6 Å². The van der Waals surface area contributed by atoms with Gasteiger partial charge in [-0.3, -0.25) is 4.79 Å². The quantitative estimate of drug-likeness (QED) is 0.829. The second-order valence-electron chi connectivity index (χ2n) is 4.06. The standard InChI is InChI=1S/C12H15FO2/c1-12(2,13)10-6-3-9(4-7-10)5-8-11(14)15/h3-4,6-7H,5,8H2,1-2H3,(H,14,15). The van der Waals surface area contributed by atoms with E-state index in [4.69, 9.17) is 5.11 Å². The molecule has 1 aromatic carbocycles. The fraction of sp³-hybridized carbons (Fsp3) is 0.417. The lowest BCUT2D eigenvalue weighted by molar-refractivity contribution is -0.136. The molecule has 0 bridgehead atoms. The number of alkyl halides is 1. The number of aryl methyl sites for hydroxylation is 1. The van der Waals surface area contributed by atoms with Gasteiger partial charge in [-0.2, -0.15) is 0 Å². The van der Waals surface area contributed by atoms with Crippen molar-refractivity contribution in [3.05, 3.63) is 35.4 Å². The molecule has 0 spiro atoms. The van der Waals surface area contributed by atoms with Crippen LogP contribution in [-0.2, 0) is 16.9 Å². The predicted octanol–water partition coefficient (Wildman–Crippen LogP) is 2.91. The molecule has 0 radical (unpaired) electrons. The van der Waals surface area contributed by atoms with E-state index in [0.717, 1.165) is 5.56 Å². The lowest BCUT2D eigenvalue weighted by atomic mass is 9.98. The third-order valence-electron chi connectivity index (χ3n) is 2.27. The maximum absolute atomic E-state index is 13.5. The van der Waals surface area contributed by atoms with Gasteiger partial charge in [0.25, 0.3) is 0 Å². The Kier molecular flexibility index (Phi) is 3.45. The van der Waals surface area contributed by atoms with Gasteiger partial charge >= 0.3 is 5.97 Å². The Balaban J connectivity index is 2.69. The highest BCUT2D eigenvalue weighted by molar-refractivity contribution is 5.67. The van der Waals surface area contributed by atoms with Gasteiger partial charge in [-0.15, -0.1) is 0 Å². The summed E-state index contributed by atoms with van der Waals surface area (Å²) in [7, 11) is 0. The van der Waals surface area contributed by atoms with Crippen LogP contribution in [0.15, 0.2) is 24.3 Å². The molecule has 0 saturated carbocycles. The summed E-state index contributed by atoms with van der Waals surface area (Å²) in [6.45, 7) is 3.00. The summed E-state index contributed by atoms with van der Waals surface area (Å²) in [5, 5.41) is 8.50. The van der Waals surface area contributed by atoms with Crippen LogP contribution in [0.2, 0.25) is 0 Å². The number of hydrogen-bond acceptors (Lipinski definition) is 1. The third kappa shape index (κ3) is 3.70. The molecule has 0 atom stereocenters. The van der Waals surface area contributed by atoms with E-state index in [2.05, 4.69) is 0 Å². The molecular formula is C12H15FO2. The van der Waals surface area contributed by atoms with Gasteiger partial charge in [0, 0.05) is 6.42 Å². The third-order valence-corrected chi connectivity index (χ3v) is 2.27. The topological polar surface area (TPSA) is 37.3 Å². The molecule has 0 aromatic heterocycles. The summed E-state index contributed by atoms with van der Waals surface area (Å²) >= 11 is 0. The monoisotopic (exact) mass is 210 g/mol. The number of aliphatic carboxylic acids is 1. The molecule has 1 aromatic rings. The first-order chi connectivity index (χ1) is 6.89. The number of hydrogen-bond donors (Lipinski definition) is 1. The minimum atomic E-state index is -1.34. The Hall–Kier alpha value is -1.38. The van der Waals surface area contributed by atoms with Gasteiger partial charge in [0.15, 0.2) is 0 Å². The van der Waals surface area contributed by atoms with Gasteiger partial charge in [-0.05, 0) is 31.4 Å². The Labute approximate surface area is 88.7 Å². The minimum absolute atomic E-state index is 0.109. The summed E-state index contributed by atoms with van der Waals surface area (Å²) in [5.41, 5.74) is 0.192. The van der Waals surface area contributed by atoms with Crippen LogP contribution in [0, 0.1) is 0 Å². The van der Waals surface area contributed by atoms with Crippen molar-refractivity contribution in [3.8, 4) is 0 Å². The Morgan fingerprint density at radius 2 is 1.87 bits per heavy atom. The fourth-order valence-electron chi connectivity index (χ4n) is 1.32. The number of benzene rings is 1. The molecule has 0 aliphatic rings. The van der Waals surface area contributed by atoms with E-state index in [9.17, 15) is 9.18 Å². The Morgan fingerprint density at radius 1 is 1.33 bits per heavy atom. The molecule has 15 heavy (non-hydrogen) atoms. The molecule has 1 rings (SSSR count). The normalized spacial score (nSPS) is 11.4. The number of halogens is 1. The molecule has 0 amide bonds. The molecule has 2 nitrogen and oxygen atoms in total. The van der Waals surface area contributed by atoms with Crippen molar-refractivity contribution in [2.24, 2.45) is 0 Å². The molecule has 0 aliphatic heterocycles. The first kappa shape index (κ1) is 11.7. The molecule has 1 N–H and O–H groups in total. The summed E-state index contributed by atoms with van der Waals surface area (Å²) < 4.78 is 13.5. The predicted molar refractivity (Wildman–Crippen MR) is 56.5 cm³/mol. The lowest BCUT2D eigenvalue weighted by Crippen LogP contribution is -2.08. The van der Waals surface area contributed by atoms with Crippen LogP contribution in [0.5, 0.6) is 0 Å². The highest BCUT2D eigenvalue weighted by atomic mass is 19.1. The number of rotatable bonds is 4. The average Bonchev–Trinajstić information content (AvgIpc) is 2.14. The molecule has 0 aliphatic carbocycles. The van der Waals surface area contributed by atoms with Crippen molar-refractivity contribution in [1.82, 2.24) is 0 Å². The van der Waals surface area contributed by atoms with Crippen molar-refractivity contribution in [2.45, 2.75) is 32.4 Å². The number of carboxylic acids is 1. The van der Waals surface area contributed by atoms with E-state index in [0.29, 0.717) is 12.0 Å². The van der Waals surface area contributed by atoms with E-state index in [1.165, 1.54) is 13.8 Å². The van der Waals surface area contributed by atoms with Gasteiger partial charge in [-0.1, -0.05) is 24.3 Å². The molecule has 3 heteroatoms. The van der Waals surface area contributed by atoms with Gasteiger partial charge < -0.3 is 5.11 Å². The van der Waals surface area contributed by atoms with Crippen LogP contribution in [0.4, 0.5) is 4.39 Å². The largest absolute Gasteiger partial charge is 0.481 e. The van der Waals surface area contributed by atoms with Crippen LogP contribution in [0.3, 0.4) is 0 Å². The first-order valence-electron chi connectivity index (χ1n) is 4.90. The van der Waals surface area contributed by atoms with Crippen LogP contribution >= 0.6 is 0 Å². The number of carbonyl (C=O) groups is 1. The second-order valence-corrected chi connectivity index (χ2v) is 4.06. The lowest BCUT2D eigenvalue weighted by Gasteiger charge is -2.14. The zero-order valence-electron chi connectivity index (χ0n) is 8.96. The second kappa shape index (κ2) is 4.43.